The average molecular weight is 367 g/mol. The second-order valence-electron chi connectivity index (χ2n) is 7.00. The van der Waals surface area contributed by atoms with E-state index in [1.54, 1.807) is 4.31 Å². The quantitative estimate of drug-likeness (QED) is 0.823. The topological polar surface area (TPSA) is 57.7 Å². The number of aryl methyl sites for hydroxylation is 2. The fourth-order valence-corrected chi connectivity index (χ4v) is 5.00. The Morgan fingerprint density at radius 2 is 1.60 bits per heavy atom. The molecule has 1 fully saturated rings. The van der Waals surface area contributed by atoms with Crippen LogP contribution in [0.2, 0.25) is 0 Å². The lowest BCUT2D eigenvalue weighted by atomic mass is 9.93. The van der Waals surface area contributed by atoms with Crippen LogP contribution in [0.25, 0.3) is 0 Å². The van der Waals surface area contributed by atoms with Crippen LogP contribution < -0.4 is 0 Å². The van der Waals surface area contributed by atoms with E-state index >= 15 is 0 Å². The van der Waals surface area contributed by atoms with Crippen LogP contribution in [0.4, 0.5) is 0 Å². The monoisotopic (exact) mass is 366 g/mol. The molecular formula is C19H30N2O3S. The predicted octanol–water partition coefficient (Wildman–Crippen LogP) is 2.81. The molecule has 0 saturated carbocycles. The van der Waals surface area contributed by atoms with E-state index in [0.717, 1.165) is 27.8 Å². The first-order valence-corrected chi connectivity index (χ1v) is 10.6. The van der Waals surface area contributed by atoms with Gasteiger partial charge in [-0.05, 0) is 62.8 Å². The summed E-state index contributed by atoms with van der Waals surface area (Å²) in [5.41, 5.74) is 5.06. The SMILES string of the molecule is CCCS(=O)(=O)N1CCCN(C(=O)c2c(C)c(C)cc(C)c2C)CC1. The van der Waals surface area contributed by atoms with E-state index in [4.69, 9.17) is 0 Å². The van der Waals surface area contributed by atoms with Crippen LogP contribution in [-0.2, 0) is 10.0 Å². The molecule has 1 aromatic carbocycles. The third kappa shape index (κ3) is 4.23. The van der Waals surface area contributed by atoms with Gasteiger partial charge in [-0.3, -0.25) is 4.79 Å². The molecule has 25 heavy (non-hydrogen) atoms. The Labute approximate surface area is 152 Å². The molecule has 1 aromatic rings. The van der Waals surface area contributed by atoms with E-state index in [9.17, 15) is 13.2 Å². The van der Waals surface area contributed by atoms with Crippen molar-refractivity contribution in [1.29, 1.82) is 0 Å². The lowest BCUT2D eigenvalue weighted by molar-refractivity contribution is 0.0762. The Balaban J connectivity index is 2.23. The lowest BCUT2D eigenvalue weighted by Crippen LogP contribution is -2.38. The highest BCUT2D eigenvalue weighted by Crippen LogP contribution is 2.24. The van der Waals surface area contributed by atoms with Crippen LogP contribution in [-0.4, -0.2) is 55.5 Å². The fraction of sp³-hybridized carbons (Fsp3) is 0.632. The van der Waals surface area contributed by atoms with E-state index in [2.05, 4.69) is 6.07 Å². The number of hydrogen-bond acceptors (Lipinski definition) is 3. The van der Waals surface area contributed by atoms with E-state index in [1.807, 2.05) is 39.5 Å². The minimum absolute atomic E-state index is 0.0246. The molecule has 2 rings (SSSR count). The Hall–Kier alpha value is -1.40. The van der Waals surface area contributed by atoms with Gasteiger partial charge < -0.3 is 4.90 Å². The van der Waals surface area contributed by atoms with Crippen molar-refractivity contribution < 1.29 is 13.2 Å². The molecule has 0 aromatic heterocycles. The summed E-state index contributed by atoms with van der Waals surface area (Å²) in [4.78, 5) is 15.0. The maximum Gasteiger partial charge on any atom is 0.254 e. The molecule has 1 saturated heterocycles. The smallest absolute Gasteiger partial charge is 0.254 e. The maximum absolute atomic E-state index is 13.1. The molecule has 6 heteroatoms. The van der Waals surface area contributed by atoms with E-state index in [-0.39, 0.29) is 11.7 Å². The molecule has 0 atom stereocenters. The van der Waals surface area contributed by atoms with Gasteiger partial charge in [0.2, 0.25) is 10.0 Å². The molecule has 1 heterocycles. The van der Waals surface area contributed by atoms with Crippen molar-refractivity contribution >= 4 is 15.9 Å². The Bertz CT molecular complexity index is 730. The molecule has 0 spiro atoms. The van der Waals surface area contributed by atoms with Gasteiger partial charge in [0.25, 0.3) is 5.91 Å². The van der Waals surface area contributed by atoms with Gasteiger partial charge in [-0.2, -0.15) is 0 Å². The molecule has 0 aliphatic carbocycles. The van der Waals surface area contributed by atoms with Gasteiger partial charge in [0, 0.05) is 31.7 Å². The highest BCUT2D eigenvalue weighted by atomic mass is 32.2. The second kappa shape index (κ2) is 7.87. The summed E-state index contributed by atoms with van der Waals surface area (Å²) in [6.45, 7) is 11.8. The van der Waals surface area contributed by atoms with Gasteiger partial charge in [-0.25, -0.2) is 12.7 Å². The maximum atomic E-state index is 13.1. The molecule has 1 aliphatic rings. The van der Waals surface area contributed by atoms with Crippen LogP contribution in [0.3, 0.4) is 0 Å². The molecule has 0 bridgehead atoms. The molecule has 1 aliphatic heterocycles. The molecular weight excluding hydrogens is 336 g/mol. The first-order chi connectivity index (χ1) is 11.7. The van der Waals surface area contributed by atoms with Crippen LogP contribution >= 0.6 is 0 Å². The van der Waals surface area contributed by atoms with E-state index < -0.39 is 10.0 Å². The number of benzene rings is 1. The number of sulfonamides is 1. The number of carbonyl (C=O) groups excluding carboxylic acids is 1. The fourth-order valence-electron chi connectivity index (χ4n) is 3.46. The number of amides is 1. The minimum atomic E-state index is -3.20. The zero-order valence-corrected chi connectivity index (χ0v) is 16.9. The zero-order valence-electron chi connectivity index (χ0n) is 16.1. The van der Waals surface area contributed by atoms with Crippen LogP contribution in [0, 0.1) is 27.7 Å². The van der Waals surface area contributed by atoms with Crippen molar-refractivity contribution in [3.05, 3.63) is 33.9 Å². The highest BCUT2D eigenvalue weighted by molar-refractivity contribution is 7.89. The van der Waals surface area contributed by atoms with Crippen molar-refractivity contribution in [3.8, 4) is 0 Å². The standard InChI is InChI=1S/C19H30N2O3S/c1-6-12-25(23,24)21-9-7-8-20(10-11-21)19(22)18-16(4)14(2)13-15(3)17(18)5/h13H,6-12H2,1-5H3. The van der Waals surface area contributed by atoms with Crippen LogP contribution in [0.5, 0.6) is 0 Å². The van der Waals surface area contributed by atoms with Gasteiger partial charge >= 0.3 is 0 Å². The van der Waals surface area contributed by atoms with Crippen LogP contribution in [0.1, 0.15) is 52.4 Å². The largest absolute Gasteiger partial charge is 0.337 e. The summed E-state index contributed by atoms with van der Waals surface area (Å²) in [6.07, 6.45) is 1.29. The summed E-state index contributed by atoms with van der Waals surface area (Å²) >= 11 is 0. The Kier molecular flexibility index (Phi) is 6.27. The second-order valence-corrected chi connectivity index (χ2v) is 9.08. The number of nitrogens with zero attached hydrogens (tertiary/aromatic N) is 2. The summed E-state index contributed by atoms with van der Waals surface area (Å²) in [6, 6.07) is 2.11. The third-order valence-corrected chi connectivity index (χ3v) is 7.25. The predicted molar refractivity (Wildman–Crippen MR) is 102 cm³/mol. The molecule has 140 valence electrons. The Morgan fingerprint density at radius 3 is 2.16 bits per heavy atom. The van der Waals surface area contributed by atoms with Gasteiger partial charge in [-0.1, -0.05) is 13.0 Å². The highest BCUT2D eigenvalue weighted by Gasteiger charge is 2.28. The number of rotatable bonds is 4. The molecule has 0 N–H and O–H groups in total. The molecule has 1 amide bonds. The van der Waals surface area contributed by atoms with Crippen LogP contribution in [0.15, 0.2) is 6.07 Å². The number of hydrogen-bond donors (Lipinski definition) is 0. The van der Waals surface area contributed by atoms with Crippen molar-refractivity contribution in [2.45, 2.75) is 47.5 Å². The Morgan fingerprint density at radius 1 is 1.00 bits per heavy atom. The zero-order chi connectivity index (χ0) is 18.8. The normalized spacial score (nSPS) is 16.8. The first kappa shape index (κ1) is 19.9. The van der Waals surface area contributed by atoms with Crippen molar-refractivity contribution in [3.63, 3.8) is 0 Å². The van der Waals surface area contributed by atoms with E-state index in [1.165, 1.54) is 0 Å². The van der Waals surface area contributed by atoms with Crippen molar-refractivity contribution in [1.82, 2.24) is 9.21 Å². The number of carbonyl (C=O) groups is 1. The molecule has 0 radical (unpaired) electrons. The molecule has 0 unspecified atom stereocenters. The average Bonchev–Trinajstić information content (AvgIpc) is 2.79. The summed E-state index contributed by atoms with van der Waals surface area (Å²) in [5, 5.41) is 0. The van der Waals surface area contributed by atoms with Gasteiger partial charge in [0.1, 0.15) is 0 Å². The third-order valence-electron chi connectivity index (χ3n) is 5.18. The summed E-state index contributed by atoms with van der Waals surface area (Å²) in [7, 11) is -3.20. The summed E-state index contributed by atoms with van der Waals surface area (Å²) in [5.74, 6) is 0.201. The summed E-state index contributed by atoms with van der Waals surface area (Å²) < 4.78 is 26.2. The minimum Gasteiger partial charge on any atom is -0.337 e. The van der Waals surface area contributed by atoms with Crippen molar-refractivity contribution in [2.75, 3.05) is 31.9 Å². The molecule has 5 nitrogen and oxygen atoms in total. The van der Waals surface area contributed by atoms with Gasteiger partial charge in [-0.15, -0.1) is 0 Å². The van der Waals surface area contributed by atoms with Crippen molar-refractivity contribution in [2.24, 2.45) is 0 Å². The van der Waals surface area contributed by atoms with Gasteiger partial charge in [0.05, 0.1) is 5.75 Å². The van der Waals surface area contributed by atoms with Gasteiger partial charge in [0.15, 0.2) is 0 Å². The lowest BCUT2D eigenvalue weighted by Gasteiger charge is -2.24. The first-order valence-electron chi connectivity index (χ1n) is 9.03. The van der Waals surface area contributed by atoms with E-state index in [0.29, 0.717) is 39.0 Å².